The maximum atomic E-state index is 11.2. The Kier molecular flexibility index (Phi) is 6.36. The summed E-state index contributed by atoms with van der Waals surface area (Å²) in [4.78, 5) is 0. The van der Waals surface area contributed by atoms with Crippen LogP contribution in [0.5, 0.6) is 0 Å². The molecular weight excluding hydrogens is 200 g/mol. The third-order valence-corrected chi connectivity index (χ3v) is 4.44. The predicted octanol–water partition coefficient (Wildman–Crippen LogP) is 1.47. The Hall–Kier alpha value is -0.0900. The highest BCUT2D eigenvalue weighted by Crippen LogP contribution is 2.16. The van der Waals surface area contributed by atoms with E-state index in [4.69, 9.17) is 5.11 Å². The molecule has 0 saturated carbocycles. The summed E-state index contributed by atoms with van der Waals surface area (Å²) in [6, 6.07) is 0. The van der Waals surface area contributed by atoms with Gasteiger partial charge in [0.1, 0.15) is 9.84 Å². The van der Waals surface area contributed by atoms with E-state index in [2.05, 4.69) is 13.8 Å². The molecule has 0 aromatic heterocycles. The molecule has 0 aliphatic carbocycles. The zero-order valence-corrected chi connectivity index (χ0v) is 10.2. The van der Waals surface area contributed by atoms with Crippen molar-refractivity contribution in [3.8, 4) is 0 Å². The van der Waals surface area contributed by atoms with E-state index in [1.54, 1.807) is 6.92 Å². The first-order chi connectivity index (χ1) is 6.43. The summed E-state index contributed by atoms with van der Waals surface area (Å²) in [5, 5.41) is 9.03. The van der Waals surface area contributed by atoms with Crippen LogP contribution in [0.4, 0.5) is 0 Å². The largest absolute Gasteiger partial charge is 0.396 e. The van der Waals surface area contributed by atoms with Gasteiger partial charge in [0.05, 0.1) is 5.75 Å². The topological polar surface area (TPSA) is 54.4 Å². The molecule has 0 fully saturated rings. The highest BCUT2D eigenvalue weighted by atomic mass is 32.2. The molecule has 0 bridgehead atoms. The molecule has 1 unspecified atom stereocenters. The van der Waals surface area contributed by atoms with E-state index in [0.717, 1.165) is 6.42 Å². The lowest BCUT2D eigenvalue weighted by Gasteiger charge is -2.17. The molecule has 0 rings (SSSR count). The average Bonchev–Trinajstić information content (AvgIpc) is 2.12. The smallest absolute Gasteiger partial charge is 0.150 e. The monoisotopic (exact) mass is 222 g/mol. The number of aliphatic hydroxyl groups excluding tert-OH is 1. The summed E-state index contributed by atoms with van der Waals surface area (Å²) in [6.07, 6.45) is 1.47. The van der Waals surface area contributed by atoms with Gasteiger partial charge in [-0.15, -0.1) is 0 Å². The molecule has 0 aliphatic rings. The third-order valence-electron chi connectivity index (χ3n) is 2.65. The molecule has 4 heteroatoms. The first-order valence-electron chi connectivity index (χ1n) is 5.24. The minimum Gasteiger partial charge on any atom is -0.396 e. The number of rotatable bonds is 7. The van der Waals surface area contributed by atoms with Crippen LogP contribution < -0.4 is 0 Å². The molecule has 86 valence electrons. The first-order valence-corrected chi connectivity index (χ1v) is 7.06. The number of hydrogen-bond acceptors (Lipinski definition) is 3. The SMILES string of the molecule is CCS(=O)(=O)CCCC(CO)C(C)C. The summed E-state index contributed by atoms with van der Waals surface area (Å²) in [5.41, 5.74) is 0. The van der Waals surface area contributed by atoms with Crippen molar-refractivity contribution in [2.24, 2.45) is 11.8 Å². The Morgan fingerprint density at radius 1 is 1.29 bits per heavy atom. The first kappa shape index (κ1) is 13.9. The summed E-state index contributed by atoms with van der Waals surface area (Å²) < 4.78 is 22.4. The van der Waals surface area contributed by atoms with Crippen molar-refractivity contribution in [2.45, 2.75) is 33.6 Å². The predicted molar refractivity (Wildman–Crippen MR) is 59.0 cm³/mol. The van der Waals surface area contributed by atoms with E-state index in [0.29, 0.717) is 12.3 Å². The van der Waals surface area contributed by atoms with Gasteiger partial charge in [-0.1, -0.05) is 20.8 Å². The van der Waals surface area contributed by atoms with Gasteiger partial charge in [-0.25, -0.2) is 8.42 Å². The van der Waals surface area contributed by atoms with Gasteiger partial charge < -0.3 is 5.11 Å². The maximum absolute atomic E-state index is 11.2. The van der Waals surface area contributed by atoms with Crippen LogP contribution >= 0.6 is 0 Å². The molecule has 0 spiro atoms. The Balaban J connectivity index is 3.83. The Labute approximate surface area is 87.4 Å². The normalized spacial score (nSPS) is 14.6. The van der Waals surface area contributed by atoms with Crippen molar-refractivity contribution in [2.75, 3.05) is 18.1 Å². The maximum Gasteiger partial charge on any atom is 0.150 e. The summed E-state index contributed by atoms with van der Waals surface area (Å²) in [6.45, 7) is 5.93. The van der Waals surface area contributed by atoms with E-state index in [9.17, 15) is 8.42 Å². The van der Waals surface area contributed by atoms with E-state index in [-0.39, 0.29) is 24.0 Å². The second kappa shape index (κ2) is 6.40. The lowest BCUT2D eigenvalue weighted by atomic mass is 9.92. The van der Waals surface area contributed by atoms with E-state index >= 15 is 0 Å². The van der Waals surface area contributed by atoms with Crippen molar-refractivity contribution in [1.29, 1.82) is 0 Å². The average molecular weight is 222 g/mol. The molecule has 14 heavy (non-hydrogen) atoms. The summed E-state index contributed by atoms with van der Waals surface area (Å²) >= 11 is 0. The second-order valence-electron chi connectivity index (χ2n) is 4.07. The van der Waals surface area contributed by atoms with Gasteiger partial charge in [-0.2, -0.15) is 0 Å². The Morgan fingerprint density at radius 3 is 2.21 bits per heavy atom. The minimum absolute atomic E-state index is 0.157. The summed E-state index contributed by atoms with van der Waals surface area (Å²) in [7, 11) is -2.83. The van der Waals surface area contributed by atoms with Crippen LogP contribution in [0.3, 0.4) is 0 Å². The molecule has 0 amide bonds. The Bertz CT molecular complexity index is 232. The van der Waals surface area contributed by atoms with Crippen molar-refractivity contribution in [3.63, 3.8) is 0 Å². The fourth-order valence-electron chi connectivity index (χ4n) is 1.35. The zero-order chi connectivity index (χ0) is 11.2. The van der Waals surface area contributed by atoms with E-state index in [1.165, 1.54) is 0 Å². The minimum atomic E-state index is -2.83. The highest BCUT2D eigenvalue weighted by Gasteiger charge is 2.14. The van der Waals surface area contributed by atoms with E-state index in [1.807, 2.05) is 0 Å². The van der Waals surface area contributed by atoms with Gasteiger partial charge in [-0.05, 0) is 24.7 Å². The molecule has 0 radical (unpaired) electrons. The van der Waals surface area contributed by atoms with Gasteiger partial charge in [-0.3, -0.25) is 0 Å². The van der Waals surface area contributed by atoms with Gasteiger partial charge in [0, 0.05) is 12.4 Å². The quantitative estimate of drug-likeness (QED) is 0.709. The van der Waals surface area contributed by atoms with Crippen molar-refractivity contribution in [1.82, 2.24) is 0 Å². The van der Waals surface area contributed by atoms with Crippen molar-refractivity contribution < 1.29 is 13.5 Å². The number of hydrogen-bond donors (Lipinski definition) is 1. The molecule has 1 N–H and O–H groups in total. The van der Waals surface area contributed by atoms with Crippen LogP contribution in [0.2, 0.25) is 0 Å². The van der Waals surface area contributed by atoms with Crippen molar-refractivity contribution >= 4 is 9.84 Å². The van der Waals surface area contributed by atoms with Crippen LogP contribution in [0, 0.1) is 11.8 Å². The molecular formula is C10H22O3S. The van der Waals surface area contributed by atoms with Gasteiger partial charge in [0.2, 0.25) is 0 Å². The molecule has 1 atom stereocenters. The lowest BCUT2D eigenvalue weighted by Crippen LogP contribution is -2.16. The fourth-order valence-corrected chi connectivity index (χ4v) is 2.24. The molecule has 0 heterocycles. The van der Waals surface area contributed by atoms with E-state index < -0.39 is 9.84 Å². The molecule has 0 aliphatic heterocycles. The van der Waals surface area contributed by atoms with Crippen LogP contribution in [-0.2, 0) is 9.84 Å². The molecule has 3 nitrogen and oxygen atoms in total. The lowest BCUT2D eigenvalue weighted by molar-refractivity contribution is 0.180. The van der Waals surface area contributed by atoms with Gasteiger partial charge >= 0.3 is 0 Å². The van der Waals surface area contributed by atoms with Crippen LogP contribution in [-0.4, -0.2) is 31.6 Å². The second-order valence-corrected chi connectivity index (χ2v) is 6.54. The fraction of sp³-hybridized carbons (Fsp3) is 1.00. The van der Waals surface area contributed by atoms with Gasteiger partial charge in [0.25, 0.3) is 0 Å². The number of aliphatic hydroxyl groups is 1. The standard InChI is InChI=1S/C10H22O3S/c1-4-14(12,13)7-5-6-10(8-11)9(2)3/h9-11H,4-8H2,1-3H3. The van der Waals surface area contributed by atoms with Crippen molar-refractivity contribution in [3.05, 3.63) is 0 Å². The zero-order valence-electron chi connectivity index (χ0n) is 9.36. The number of sulfone groups is 1. The summed E-state index contributed by atoms with van der Waals surface area (Å²) in [5.74, 6) is 1.14. The van der Waals surface area contributed by atoms with Gasteiger partial charge in [0.15, 0.2) is 0 Å². The highest BCUT2D eigenvalue weighted by molar-refractivity contribution is 7.91. The van der Waals surface area contributed by atoms with Crippen LogP contribution in [0.1, 0.15) is 33.6 Å². The van der Waals surface area contributed by atoms with Crippen LogP contribution in [0.15, 0.2) is 0 Å². The van der Waals surface area contributed by atoms with Crippen LogP contribution in [0.25, 0.3) is 0 Å². The third kappa shape index (κ3) is 5.60. The molecule has 0 aromatic carbocycles. The Morgan fingerprint density at radius 2 is 1.86 bits per heavy atom. The molecule has 0 aromatic rings. The molecule has 0 saturated heterocycles.